The van der Waals surface area contributed by atoms with Crippen molar-refractivity contribution in [1.29, 1.82) is 0 Å². The van der Waals surface area contributed by atoms with Gasteiger partial charge in [-0.3, -0.25) is 4.79 Å². The first-order valence-electron chi connectivity index (χ1n) is 23.9. The maximum atomic E-state index is 12.7. The molecule has 3 aromatic rings. The largest absolute Gasteiger partial charge is 0.460 e. The average Bonchev–Trinajstić information content (AvgIpc) is 3.57. The number of fused-ring (bicyclic) bond motifs is 2. The predicted octanol–water partition coefficient (Wildman–Crippen LogP) is 12.6. The summed E-state index contributed by atoms with van der Waals surface area (Å²) in [5.74, 6) is -0.170. The summed E-state index contributed by atoms with van der Waals surface area (Å²) in [6.45, 7) is 19.2. The van der Waals surface area contributed by atoms with E-state index in [2.05, 4.69) is 158 Å². The minimum atomic E-state index is -0.499. The Morgan fingerprint density at radius 2 is 1.50 bits per heavy atom. The summed E-state index contributed by atoms with van der Waals surface area (Å²) in [7, 11) is 15.3. The molecule has 0 bridgehead atoms. The SMILES string of the molecule is COSc1ccc2c(c1)C(C)(C)/C(=C\C=C1/CCCC(/C=C/C3=[N+](CCC[N+](C)(C)C)c4ccc(SO)cc4C3(C)C)=C1c1ccc(CCC(=O)OC(C)(C)C)cc1)N2CCC[N+](C)(C)C. The van der Waals surface area contributed by atoms with E-state index in [1.54, 1.807) is 7.11 Å². The summed E-state index contributed by atoms with van der Waals surface area (Å²) in [5, 5.41) is 0. The number of carbonyl (C=O) groups excluding carboxylic acids is 1. The summed E-state index contributed by atoms with van der Waals surface area (Å²) in [6, 6.07) is 22.1. The second-order valence-corrected chi connectivity index (χ2v) is 24.1. The van der Waals surface area contributed by atoms with Crippen molar-refractivity contribution in [2.24, 2.45) is 0 Å². The minimum Gasteiger partial charge on any atom is -0.460 e. The van der Waals surface area contributed by atoms with Crippen molar-refractivity contribution in [3.63, 3.8) is 0 Å². The van der Waals surface area contributed by atoms with E-state index in [9.17, 15) is 9.35 Å². The molecule has 6 rings (SSSR count). The molecule has 0 amide bonds. The van der Waals surface area contributed by atoms with Gasteiger partial charge in [0.2, 0.25) is 5.69 Å². The lowest BCUT2D eigenvalue weighted by Gasteiger charge is -2.29. The summed E-state index contributed by atoms with van der Waals surface area (Å²) in [4.78, 5) is 17.2. The Morgan fingerprint density at radius 1 is 0.833 bits per heavy atom. The van der Waals surface area contributed by atoms with Gasteiger partial charge in [-0.25, -0.2) is 0 Å². The third-order valence-corrected chi connectivity index (χ3v) is 14.2. The molecular formula is C56H79N4O4S2+3. The number of ether oxygens (including phenoxy) is 1. The van der Waals surface area contributed by atoms with Crippen molar-refractivity contribution in [2.45, 2.75) is 120 Å². The number of hydrogen-bond donors (Lipinski definition) is 1. The molecule has 2 heterocycles. The van der Waals surface area contributed by atoms with Crippen LogP contribution in [0.15, 0.2) is 112 Å². The number of esters is 1. The number of benzene rings is 3. The number of allylic oxidation sites excluding steroid dienone is 8. The first kappa shape index (κ1) is 51.5. The molecule has 356 valence electrons. The van der Waals surface area contributed by atoms with Gasteiger partial charge >= 0.3 is 5.97 Å². The molecule has 0 unspecified atom stereocenters. The first-order valence-corrected chi connectivity index (χ1v) is 25.4. The number of rotatable bonds is 18. The second kappa shape index (κ2) is 20.8. The van der Waals surface area contributed by atoms with Crippen LogP contribution in [0.4, 0.5) is 11.4 Å². The van der Waals surface area contributed by atoms with Crippen LogP contribution in [0.1, 0.15) is 109 Å². The van der Waals surface area contributed by atoms with E-state index in [-0.39, 0.29) is 16.8 Å². The number of carbonyl (C=O) groups is 1. The fourth-order valence-corrected chi connectivity index (χ4v) is 10.6. The highest BCUT2D eigenvalue weighted by atomic mass is 32.2. The maximum Gasteiger partial charge on any atom is 0.306 e. The van der Waals surface area contributed by atoms with Crippen molar-refractivity contribution >= 4 is 52.7 Å². The molecule has 1 aliphatic carbocycles. The standard InChI is InChI=1S/C56H78N4O4S2/c1-54(2,3)64-52(61)33-22-40-20-23-43(24-21-40)53-41(25-31-50-55(4,5)46-38-44(65-62)27-29-48(46)57(50)34-16-36-59(8,9)10)18-15-19-42(53)26-32-51-56(6,7)47-39-45(66-63-14)28-30-49(47)58(51)35-17-37-60(11,12)13/h20-21,23-32,38-39H,15-19,22,33-37H2,1-14H3/q+2/p+1. The van der Waals surface area contributed by atoms with Crippen molar-refractivity contribution in [3.8, 4) is 0 Å². The number of nitrogens with zero attached hydrogens (tertiary/aromatic N) is 4. The van der Waals surface area contributed by atoms with Crippen LogP contribution in [0.2, 0.25) is 0 Å². The Bertz CT molecular complexity index is 2400. The van der Waals surface area contributed by atoms with E-state index in [1.165, 1.54) is 68.2 Å². The Morgan fingerprint density at radius 3 is 2.15 bits per heavy atom. The van der Waals surface area contributed by atoms with Crippen LogP contribution in [0.3, 0.4) is 0 Å². The third kappa shape index (κ3) is 12.6. The van der Waals surface area contributed by atoms with Gasteiger partial charge in [0.15, 0.2) is 12.3 Å². The Balaban J connectivity index is 1.46. The first-order chi connectivity index (χ1) is 30.9. The lowest BCUT2D eigenvalue weighted by atomic mass is 9.79. The number of aryl methyl sites for hydroxylation is 1. The van der Waals surface area contributed by atoms with Gasteiger partial charge in [-0.05, 0) is 130 Å². The average molecular weight is 936 g/mol. The molecule has 0 saturated carbocycles. The van der Waals surface area contributed by atoms with Crippen LogP contribution < -0.4 is 4.90 Å². The molecule has 3 aliphatic rings. The predicted molar refractivity (Wildman–Crippen MR) is 279 cm³/mol. The molecular weight excluding hydrogens is 857 g/mol. The highest BCUT2D eigenvalue weighted by Gasteiger charge is 2.45. The lowest BCUT2D eigenvalue weighted by Crippen LogP contribution is -2.37. The lowest BCUT2D eigenvalue weighted by molar-refractivity contribution is -0.871. The van der Waals surface area contributed by atoms with Gasteiger partial charge < -0.3 is 27.3 Å². The fourth-order valence-electron chi connectivity index (χ4n) is 9.87. The molecule has 0 spiro atoms. The van der Waals surface area contributed by atoms with Gasteiger partial charge in [-0.1, -0.05) is 50.3 Å². The Kier molecular flexibility index (Phi) is 16.2. The molecule has 0 fully saturated rings. The zero-order chi connectivity index (χ0) is 48.2. The van der Waals surface area contributed by atoms with Crippen LogP contribution in [-0.4, -0.2) is 111 Å². The van der Waals surface area contributed by atoms with Gasteiger partial charge in [0.05, 0.1) is 74.3 Å². The van der Waals surface area contributed by atoms with E-state index in [4.69, 9.17) is 8.92 Å². The summed E-state index contributed by atoms with van der Waals surface area (Å²) in [6.07, 6.45) is 15.8. The molecule has 0 atom stereocenters. The van der Waals surface area contributed by atoms with Crippen molar-refractivity contribution in [2.75, 3.05) is 80.5 Å². The maximum absolute atomic E-state index is 12.7. The van der Waals surface area contributed by atoms with Gasteiger partial charge in [0, 0.05) is 87.8 Å². The van der Waals surface area contributed by atoms with Crippen LogP contribution in [-0.2, 0) is 31.0 Å². The monoisotopic (exact) mass is 936 g/mol. The normalized spacial score (nSPS) is 18.6. The quantitative estimate of drug-likeness (QED) is 0.0590. The van der Waals surface area contributed by atoms with Crippen LogP contribution >= 0.6 is 24.1 Å². The summed E-state index contributed by atoms with van der Waals surface area (Å²) in [5.41, 5.74) is 13.0. The van der Waals surface area contributed by atoms with E-state index in [0.717, 1.165) is 94.6 Å². The molecule has 66 heavy (non-hydrogen) atoms. The molecule has 2 aliphatic heterocycles. The van der Waals surface area contributed by atoms with E-state index in [1.807, 2.05) is 26.8 Å². The molecule has 1 N–H and O–H groups in total. The molecule has 0 saturated heterocycles. The van der Waals surface area contributed by atoms with Crippen molar-refractivity contribution < 1.29 is 31.8 Å². The van der Waals surface area contributed by atoms with E-state index >= 15 is 0 Å². The Hall–Kier alpha value is -3.90. The Labute approximate surface area is 406 Å². The van der Waals surface area contributed by atoms with Crippen molar-refractivity contribution in [3.05, 3.63) is 124 Å². The molecule has 0 aromatic heterocycles. The van der Waals surface area contributed by atoms with Crippen LogP contribution in [0.5, 0.6) is 0 Å². The topological polar surface area (TPSA) is 62.0 Å². The van der Waals surface area contributed by atoms with Gasteiger partial charge in [-0.2, -0.15) is 4.58 Å². The summed E-state index contributed by atoms with van der Waals surface area (Å²) >= 11 is 2.24. The molecule has 3 aromatic carbocycles. The van der Waals surface area contributed by atoms with Gasteiger partial charge in [0.25, 0.3) is 0 Å². The zero-order valence-electron chi connectivity index (χ0n) is 42.6. The third-order valence-electron chi connectivity index (χ3n) is 13.1. The zero-order valence-corrected chi connectivity index (χ0v) is 44.3. The molecule has 10 heteroatoms. The molecule has 0 radical (unpaired) electrons. The van der Waals surface area contributed by atoms with E-state index < -0.39 is 5.60 Å². The fraction of sp³-hybridized carbons (Fsp3) is 0.500. The molecule has 8 nitrogen and oxygen atoms in total. The van der Waals surface area contributed by atoms with Gasteiger partial charge in [0.1, 0.15) is 5.60 Å². The van der Waals surface area contributed by atoms with Crippen molar-refractivity contribution in [1.82, 2.24) is 0 Å². The number of anilines is 1. The highest BCUT2D eigenvalue weighted by Crippen LogP contribution is 2.50. The van der Waals surface area contributed by atoms with Gasteiger partial charge in [-0.15, -0.1) is 0 Å². The number of quaternary nitrogens is 2. The van der Waals surface area contributed by atoms with Crippen LogP contribution in [0, 0.1) is 0 Å². The second-order valence-electron chi connectivity index (χ2n) is 22.5. The van der Waals surface area contributed by atoms with E-state index in [0.29, 0.717) is 12.8 Å². The number of hydrogen-bond acceptors (Lipinski definition) is 7. The minimum absolute atomic E-state index is 0.170. The smallest absolute Gasteiger partial charge is 0.306 e. The highest BCUT2D eigenvalue weighted by molar-refractivity contribution is 7.94. The summed E-state index contributed by atoms with van der Waals surface area (Å²) < 4.78 is 25.6. The van der Waals surface area contributed by atoms with Crippen LogP contribution in [0.25, 0.3) is 5.57 Å².